The number of anilines is 1. The number of aromatic nitrogens is 3. The molecule has 1 N–H and O–H groups in total. The molecule has 44 heavy (non-hydrogen) atoms. The Kier molecular flexibility index (Phi) is 9.32. The molecule has 4 amide bonds. The molecule has 3 saturated heterocycles. The molecule has 234 valence electrons. The number of piperidine rings is 1. The van der Waals surface area contributed by atoms with Crippen molar-refractivity contribution in [1.29, 1.82) is 5.26 Å². The maximum Gasteiger partial charge on any atom is 0.353 e. The summed E-state index contributed by atoms with van der Waals surface area (Å²) in [6.45, 7) is 3.37. The summed E-state index contributed by atoms with van der Waals surface area (Å²) in [5.74, 6) is -1.36. The van der Waals surface area contributed by atoms with Gasteiger partial charge in [0.2, 0.25) is 17.7 Å². The fourth-order valence-electron chi connectivity index (χ4n) is 5.64. The van der Waals surface area contributed by atoms with Gasteiger partial charge in [0.15, 0.2) is 5.65 Å². The molecule has 0 aliphatic carbocycles. The molecule has 0 bridgehead atoms. The van der Waals surface area contributed by atoms with E-state index in [1.807, 2.05) is 18.0 Å². The second-order valence-corrected chi connectivity index (χ2v) is 10.7. The third-order valence-corrected chi connectivity index (χ3v) is 8.02. The largest absolute Gasteiger partial charge is 0.354 e. The standard InChI is InChI=1S/C27H33N9O8/c1-17-7-11-33(21(37)5-9-28)15-20(17)32(2)24-18-8-12-34(25(18)31-16-30-24)27(41)29-10-6-19(35-22(38)3-4-23(35)39)26(40)44-36-42-13-14-43-36/h8,12,16-17,19-20H,3-7,10-11,13-15H2,1-2H3,(H,29,41)/t17-,19?,20+/m1/s1. The van der Waals surface area contributed by atoms with Crippen LogP contribution in [-0.2, 0) is 33.7 Å². The Morgan fingerprint density at radius 1 is 1.20 bits per heavy atom. The van der Waals surface area contributed by atoms with Crippen LogP contribution in [0, 0.1) is 17.2 Å². The first kappa shape index (κ1) is 30.8. The minimum absolute atomic E-state index is 0.0225. The summed E-state index contributed by atoms with van der Waals surface area (Å²) < 4.78 is 1.30. The van der Waals surface area contributed by atoms with Gasteiger partial charge in [0, 0.05) is 45.7 Å². The molecule has 3 atom stereocenters. The van der Waals surface area contributed by atoms with Crippen LogP contribution >= 0.6 is 0 Å². The van der Waals surface area contributed by atoms with E-state index in [-0.39, 0.29) is 63.3 Å². The number of hydrogen-bond donors (Lipinski definition) is 1. The zero-order chi connectivity index (χ0) is 31.4. The van der Waals surface area contributed by atoms with Gasteiger partial charge >= 0.3 is 12.0 Å². The topological polar surface area (TPSA) is 193 Å². The maximum atomic E-state index is 13.2. The highest BCUT2D eigenvalue weighted by Crippen LogP contribution is 2.30. The van der Waals surface area contributed by atoms with E-state index >= 15 is 0 Å². The van der Waals surface area contributed by atoms with Gasteiger partial charge in [0.05, 0.1) is 17.5 Å². The van der Waals surface area contributed by atoms with Crippen LogP contribution in [0.1, 0.15) is 39.0 Å². The van der Waals surface area contributed by atoms with Crippen LogP contribution in [0.5, 0.6) is 0 Å². The van der Waals surface area contributed by atoms with E-state index < -0.39 is 29.9 Å². The molecular formula is C27H33N9O8. The van der Waals surface area contributed by atoms with Gasteiger partial charge in [-0.1, -0.05) is 6.92 Å². The number of carbonyl (C=O) groups is 5. The Balaban J connectivity index is 1.27. The van der Waals surface area contributed by atoms with E-state index in [9.17, 15) is 24.0 Å². The minimum atomic E-state index is -1.30. The molecule has 5 rings (SSSR count). The van der Waals surface area contributed by atoms with Crippen LogP contribution in [0.15, 0.2) is 18.6 Å². The summed E-state index contributed by atoms with van der Waals surface area (Å²) in [6.07, 6.45) is 3.33. The molecule has 2 aromatic heterocycles. The van der Waals surface area contributed by atoms with Gasteiger partial charge in [0.1, 0.15) is 43.2 Å². The van der Waals surface area contributed by atoms with E-state index in [4.69, 9.17) is 19.8 Å². The van der Waals surface area contributed by atoms with Crippen molar-refractivity contribution in [3.05, 3.63) is 18.6 Å². The normalized spacial score (nSPS) is 21.4. The number of nitrogens with one attached hydrogen (secondary N) is 1. The summed E-state index contributed by atoms with van der Waals surface area (Å²) in [7, 11) is 1.87. The Labute approximate surface area is 252 Å². The van der Waals surface area contributed by atoms with Crippen LogP contribution in [0.25, 0.3) is 11.0 Å². The third-order valence-electron chi connectivity index (χ3n) is 8.02. The van der Waals surface area contributed by atoms with Gasteiger partial charge in [-0.15, -0.1) is 0 Å². The van der Waals surface area contributed by atoms with Crippen LogP contribution in [0.2, 0.25) is 0 Å². The van der Waals surface area contributed by atoms with E-state index in [2.05, 4.69) is 22.2 Å². The fraction of sp³-hybridized carbons (Fsp3) is 0.556. The maximum absolute atomic E-state index is 13.2. The van der Waals surface area contributed by atoms with Crippen molar-refractivity contribution in [3.63, 3.8) is 0 Å². The highest BCUT2D eigenvalue weighted by Gasteiger charge is 2.41. The lowest BCUT2D eigenvalue weighted by Crippen LogP contribution is -2.52. The van der Waals surface area contributed by atoms with Crippen LogP contribution in [0.3, 0.4) is 0 Å². The highest BCUT2D eigenvalue weighted by atomic mass is 17.2. The van der Waals surface area contributed by atoms with Gasteiger partial charge in [-0.25, -0.2) is 29.2 Å². The minimum Gasteiger partial charge on any atom is -0.354 e. The zero-order valence-corrected chi connectivity index (χ0v) is 24.4. The molecule has 17 heteroatoms. The first-order valence-electron chi connectivity index (χ1n) is 14.3. The number of carbonyl (C=O) groups excluding carboxylic acids is 5. The van der Waals surface area contributed by atoms with Crippen molar-refractivity contribution >= 4 is 46.6 Å². The molecule has 3 aliphatic rings. The fourth-order valence-corrected chi connectivity index (χ4v) is 5.64. The van der Waals surface area contributed by atoms with E-state index in [0.29, 0.717) is 35.3 Å². The van der Waals surface area contributed by atoms with Crippen molar-refractivity contribution < 1.29 is 38.5 Å². The second-order valence-electron chi connectivity index (χ2n) is 10.7. The van der Waals surface area contributed by atoms with Gasteiger partial charge < -0.3 is 20.0 Å². The molecule has 5 heterocycles. The first-order chi connectivity index (χ1) is 21.2. The summed E-state index contributed by atoms with van der Waals surface area (Å²) in [4.78, 5) is 91.5. The average Bonchev–Trinajstić information content (AvgIpc) is 3.76. The molecule has 0 spiro atoms. The predicted molar refractivity (Wildman–Crippen MR) is 148 cm³/mol. The van der Waals surface area contributed by atoms with E-state index in [0.717, 1.165) is 11.3 Å². The Morgan fingerprint density at radius 3 is 2.64 bits per heavy atom. The van der Waals surface area contributed by atoms with Crippen LogP contribution in [-0.4, -0.2) is 111 Å². The quantitative estimate of drug-likeness (QED) is 0.376. The lowest BCUT2D eigenvalue weighted by Gasteiger charge is -2.42. The lowest BCUT2D eigenvalue weighted by atomic mass is 9.92. The SMILES string of the molecule is C[C@@H]1CCN(C(=O)CC#N)C[C@@H]1N(C)c1ncnc2c1ccn2C(=O)NCCC(C(=O)ON1OCCO1)N1C(=O)CCC1=O. The van der Waals surface area contributed by atoms with Gasteiger partial charge in [-0.2, -0.15) is 5.26 Å². The summed E-state index contributed by atoms with van der Waals surface area (Å²) in [5.41, 5.74) is 0.337. The molecular weight excluding hydrogens is 578 g/mol. The molecule has 0 radical (unpaired) electrons. The molecule has 3 aliphatic heterocycles. The first-order valence-corrected chi connectivity index (χ1v) is 14.3. The van der Waals surface area contributed by atoms with Gasteiger partial charge in [-0.3, -0.25) is 23.9 Å². The van der Waals surface area contributed by atoms with Crippen LogP contribution < -0.4 is 10.2 Å². The summed E-state index contributed by atoms with van der Waals surface area (Å²) >= 11 is 0. The molecule has 17 nitrogen and oxygen atoms in total. The number of nitrogens with zero attached hydrogens (tertiary/aromatic N) is 8. The predicted octanol–water partition coefficient (Wildman–Crippen LogP) is 0.121. The summed E-state index contributed by atoms with van der Waals surface area (Å²) in [5, 5.41) is 12.8. The Hall–Kier alpha value is -4.66. The van der Waals surface area contributed by atoms with Crippen LogP contribution in [0.4, 0.5) is 10.6 Å². The van der Waals surface area contributed by atoms with Crippen molar-refractivity contribution in [1.82, 2.24) is 35.0 Å². The zero-order valence-electron chi connectivity index (χ0n) is 24.4. The third kappa shape index (κ3) is 6.32. The smallest absolute Gasteiger partial charge is 0.353 e. The van der Waals surface area contributed by atoms with Gasteiger partial charge in [-0.05, 0) is 24.8 Å². The van der Waals surface area contributed by atoms with Gasteiger partial charge in [0.25, 0.3) is 0 Å². The van der Waals surface area contributed by atoms with E-state index in [1.54, 1.807) is 17.2 Å². The summed E-state index contributed by atoms with van der Waals surface area (Å²) in [6, 6.07) is 1.70. The molecule has 0 aromatic carbocycles. The number of likely N-dealkylation sites (tertiary alicyclic amines) is 2. The Bertz CT molecular complexity index is 1470. The Morgan fingerprint density at radius 2 is 1.93 bits per heavy atom. The average molecular weight is 612 g/mol. The number of hydrogen-bond acceptors (Lipinski definition) is 13. The van der Waals surface area contributed by atoms with Crippen molar-refractivity contribution in [3.8, 4) is 6.07 Å². The number of imide groups is 1. The molecule has 1 unspecified atom stereocenters. The van der Waals surface area contributed by atoms with Crippen molar-refractivity contribution in [2.45, 2.75) is 51.1 Å². The van der Waals surface area contributed by atoms with Crippen molar-refractivity contribution in [2.75, 3.05) is 44.8 Å². The number of nitriles is 1. The number of fused-ring (bicyclic) bond motifs is 1. The van der Waals surface area contributed by atoms with E-state index in [1.165, 1.54) is 10.9 Å². The lowest BCUT2D eigenvalue weighted by molar-refractivity contribution is -0.460. The second kappa shape index (κ2) is 13.3. The highest BCUT2D eigenvalue weighted by molar-refractivity contribution is 6.05. The number of rotatable bonds is 9. The number of likely N-dealkylation sites (N-methyl/N-ethyl adjacent to an activating group) is 1. The number of amides is 4. The van der Waals surface area contributed by atoms with Crippen molar-refractivity contribution in [2.24, 2.45) is 5.92 Å². The monoisotopic (exact) mass is 611 g/mol. The molecule has 0 saturated carbocycles. The molecule has 3 fully saturated rings. The molecule has 2 aromatic rings.